The topological polar surface area (TPSA) is 73.7 Å². The van der Waals surface area contributed by atoms with E-state index in [0.29, 0.717) is 17.7 Å². The first-order valence-corrected chi connectivity index (χ1v) is 12.7. The standard InChI is InChI=1S/C26H21Cl2F4N5O2/c27-19-13-21-24(38)34-14-16(37(21)22(19)28)11-15-4-5-20(29)17(12-15)25(39)36-8-2-7-35(9-10-36)23-18(26(30,31)32)3-1-6-33-23/h1,3-6,12-14H,2,7-11H2,(H,34,38). The number of carbonyl (C=O) groups excluding carboxylic acids is 1. The van der Waals surface area contributed by atoms with Gasteiger partial charge in [0.2, 0.25) is 0 Å². The highest BCUT2D eigenvalue weighted by Crippen LogP contribution is 2.35. The van der Waals surface area contributed by atoms with Crippen LogP contribution >= 0.6 is 23.2 Å². The molecule has 0 saturated carbocycles. The van der Waals surface area contributed by atoms with Crippen molar-refractivity contribution in [3.8, 4) is 0 Å². The number of hydrogen-bond donors (Lipinski definition) is 1. The summed E-state index contributed by atoms with van der Waals surface area (Å²) in [7, 11) is 0. The Morgan fingerprint density at radius 3 is 2.64 bits per heavy atom. The number of benzene rings is 1. The largest absolute Gasteiger partial charge is 0.419 e. The molecular formula is C26H21Cl2F4N5O2. The van der Waals surface area contributed by atoms with Crippen molar-refractivity contribution in [1.29, 1.82) is 0 Å². The minimum absolute atomic E-state index is 0.0917. The minimum Gasteiger partial charge on any atom is -0.354 e. The van der Waals surface area contributed by atoms with E-state index in [9.17, 15) is 27.2 Å². The van der Waals surface area contributed by atoms with Gasteiger partial charge < -0.3 is 14.8 Å². The maximum atomic E-state index is 14.8. The number of halogens is 6. The zero-order valence-electron chi connectivity index (χ0n) is 20.2. The van der Waals surface area contributed by atoms with Crippen LogP contribution in [0.25, 0.3) is 5.52 Å². The molecule has 1 aliphatic rings. The fourth-order valence-electron chi connectivity index (χ4n) is 4.75. The van der Waals surface area contributed by atoms with Gasteiger partial charge in [-0.3, -0.25) is 14.0 Å². The third-order valence-corrected chi connectivity index (χ3v) is 7.37. The molecule has 1 amide bonds. The monoisotopic (exact) mass is 581 g/mol. The number of hydrogen-bond acceptors (Lipinski definition) is 4. The minimum atomic E-state index is -4.57. The van der Waals surface area contributed by atoms with Crippen molar-refractivity contribution < 1.29 is 22.4 Å². The van der Waals surface area contributed by atoms with E-state index in [0.717, 1.165) is 6.07 Å². The molecule has 1 fully saturated rings. The SMILES string of the molecule is O=C(c1cc(Cc2c[nH]c(=O)c3cc(Cl)c(Cl)n23)ccc1F)N1CCCN(c2ncccc2C(F)(F)F)CC1. The summed E-state index contributed by atoms with van der Waals surface area (Å²) in [5.74, 6) is -1.48. The molecule has 7 nitrogen and oxygen atoms in total. The molecule has 5 rings (SSSR count). The number of pyridine rings is 1. The van der Waals surface area contributed by atoms with Crippen LogP contribution in [0.4, 0.5) is 23.4 Å². The average Bonchev–Trinajstić information content (AvgIpc) is 3.06. The number of anilines is 1. The van der Waals surface area contributed by atoms with Gasteiger partial charge in [-0.1, -0.05) is 29.3 Å². The highest BCUT2D eigenvalue weighted by atomic mass is 35.5. The molecule has 39 heavy (non-hydrogen) atoms. The molecule has 0 bridgehead atoms. The highest BCUT2D eigenvalue weighted by Gasteiger charge is 2.36. The highest BCUT2D eigenvalue weighted by molar-refractivity contribution is 6.42. The van der Waals surface area contributed by atoms with Crippen molar-refractivity contribution >= 4 is 40.4 Å². The van der Waals surface area contributed by atoms with E-state index in [2.05, 4.69) is 9.97 Å². The molecule has 4 aromatic rings. The van der Waals surface area contributed by atoms with Crippen LogP contribution in [0.1, 0.15) is 33.6 Å². The second-order valence-electron chi connectivity index (χ2n) is 9.11. The van der Waals surface area contributed by atoms with Crippen molar-refractivity contribution in [2.24, 2.45) is 0 Å². The molecule has 4 heterocycles. The number of aromatic nitrogens is 3. The molecular weight excluding hydrogens is 561 g/mol. The molecule has 1 N–H and O–H groups in total. The lowest BCUT2D eigenvalue weighted by Crippen LogP contribution is -2.36. The molecule has 3 aromatic heterocycles. The average molecular weight is 582 g/mol. The Hall–Kier alpha value is -3.57. The molecule has 1 aromatic carbocycles. The zero-order chi connectivity index (χ0) is 27.9. The molecule has 0 atom stereocenters. The molecule has 0 spiro atoms. The molecule has 1 saturated heterocycles. The fourth-order valence-corrected chi connectivity index (χ4v) is 5.19. The van der Waals surface area contributed by atoms with Crippen molar-refractivity contribution in [2.45, 2.75) is 19.0 Å². The summed E-state index contributed by atoms with van der Waals surface area (Å²) in [6, 6.07) is 7.78. The van der Waals surface area contributed by atoms with E-state index in [1.165, 1.54) is 56.9 Å². The first kappa shape index (κ1) is 27.0. The Morgan fingerprint density at radius 2 is 1.87 bits per heavy atom. The van der Waals surface area contributed by atoms with Gasteiger partial charge in [0.1, 0.15) is 22.3 Å². The predicted molar refractivity (Wildman–Crippen MR) is 139 cm³/mol. The number of nitrogens with zero attached hydrogens (tertiary/aromatic N) is 4. The molecule has 204 valence electrons. The smallest absolute Gasteiger partial charge is 0.354 e. The summed E-state index contributed by atoms with van der Waals surface area (Å²) in [5, 5.41) is 0.356. The third kappa shape index (κ3) is 5.33. The van der Waals surface area contributed by atoms with E-state index in [4.69, 9.17) is 23.2 Å². The van der Waals surface area contributed by atoms with Gasteiger partial charge in [0.25, 0.3) is 11.5 Å². The van der Waals surface area contributed by atoms with Crippen LogP contribution in [-0.4, -0.2) is 51.4 Å². The summed E-state index contributed by atoms with van der Waals surface area (Å²) in [5.41, 5.74) is -0.0000562. The number of carbonyl (C=O) groups is 1. The number of fused-ring (bicyclic) bond motifs is 1. The summed E-state index contributed by atoms with van der Waals surface area (Å²) in [4.78, 5) is 35.0. The summed E-state index contributed by atoms with van der Waals surface area (Å²) in [6.07, 6.45) is -1.22. The first-order valence-electron chi connectivity index (χ1n) is 12.0. The molecule has 13 heteroatoms. The number of H-pyrrole nitrogens is 1. The van der Waals surface area contributed by atoms with Crippen molar-refractivity contribution in [3.63, 3.8) is 0 Å². The van der Waals surface area contributed by atoms with Crippen LogP contribution in [0.5, 0.6) is 0 Å². The van der Waals surface area contributed by atoms with E-state index < -0.39 is 23.5 Å². The Kier molecular flexibility index (Phi) is 7.30. The lowest BCUT2D eigenvalue weighted by molar-refractivity contribution is -0.137. The predicted octanol–water partition coefficient (Wildman–Crippen LogP) is 5.43. The van der Waals surface area contributed by atoms with Gasteiger partial charge in [-0.15, -0.1) is 0 Å². The number of rotatable bonds is 4. The van der Waals surface area contributed by atoms with Gasteiger partial charge in [-0.25, -0.2) is 9.37 Å². The Morgan fingerprint density at radius 1 is 1.08 bits per heavy atom. The van der Waals surface area contributed by atoms with Crippen molar-refractivity contribution in [1.82, 2.24) is 19.3 Å². The van der Waals surface area contributed by atoms with Crippen molar-refractivity contribution in [2.75, 3.05) is 31.1 Å². The van der Waals surface area contributed by atoms with Crippen LogP contribution < -0.4 is 10.5 Å². The van der Waals surface area contributed by atoms with Gasteiger partial charge in [0, 0.05) is 50.7 Å². The number of alkyl halides is 3. The second-order valence-corrected chi connectivity index (χ2v) is 9.87. The molecule has 0 radical (unpaired) electrons. The number of nitrogens with one attached hydrogen (secondary N) is 1. The van der Waals surface area contributed by atoms with E-state index in [1.54, 1.807) is 0 Å². The Bertz CT molecular complexity index is 1620. The summed E-state index contributed by atoms with van der Waals surface area (Å²) in [6.45, 7) is 0.698. The van der Waals surface area contributed by atoms with Crippen LogP contribution in [0.15, 0.2) is 53.6 Å². The molecule has 1 aliphatic heterocycles. The van der Waals surface area contributed by atoms with E-state index >= 15 is 0 Å². The van der Waals surface area contributed by atoms with Crippen LogP contribution in [0.3, 0.4) is 0 Å². The van der Waals surface area contributed by atoms with Gasteiger partial charge in [0.15, 0.2) is 0 Å². The second kappa shape index (κ2) is 10.5. The van der Waals surface area contributed by atoms with Gasteiger partial charge in [-0.05, 0) is 42.3 Å². The van der Waals surface area contributed by atoms with Gasteiger partial charge >= 0.3 is 6.18 Å². The maximum absolute atomic E-state index is 14.8. The van der Waals surface area contributed by atoms with Gasteiger partial charge in [0.05, 0.1) is 16.1 Å². The van der Waals surface area contributed by atoms with Gasteiger partial charge in [-0.2, -0.15) is 13.2 Å². The van der Waals surface area contributed by atoms with E-state index in [-0.39, 0.29) is 65.2 Å². The lowest BCUT2D eigenvalue weighted by atomic mass is 10.0. The Labute approximate surface area is 229 Å². The maximum Gasteiger partial charge on any atom is 0.419 e. The summed E-state index contributed by atoms with van der Waals surface area (Å²) < 4.78 is 56.8. The summed E-state index contributed by atoms with van der Waals surface area (Å²) >= 11 is 12.4. The van der Waals surface area contributed by atoms with Crippen molar-refractivity contribution in [3.05, 3.63) is 97.5 Å². The first-order chi connectivity index (χ1) is 18.5. The zero-order valence-corrected chi connectivity index (χ0v) is 21.7. The third-order valence-electron chi connectivity index (χ3n) is 6.61. The van der Waals surface area contributed by atoms with Crippen LogP contribution in [-0.2, 0) is 12.6 Å². The molecule has 0 aliphatic carbocycles. The fraction of sp³-hybridized carbons (Fsp3) is 0.269. The Balaban J connectivity index is 1.37. The quantitative estimate of drug-likeness (QED) is 0.326. The van der Waals surface area contributed by atoms with Crippen LogP contribution in [0.2, 0.25) is 10.2 Å². The normalized spacial score (nSPS) is 14.6. The lowest BCUT2D eigenvalue weighted by Gasteiger charge is -2.25. The van der Waals surface area contributed by atoms with Crippen LogP contribution in [0, 0.1) is 5.82 Å². The number of amides is 1. The van der Waals surface area contributed by atoms with E-state index in [1.807, 2.05) is 0 Å². The molecule has 0 unspecified atom stereocenters. The number of aromatic amines is 1.